The molecule has 0 saturated carbocycles. The van der Waals surface area contributed by atoms with Crippen molar-refractivity contribution in [3.63, 3.8) is 0 Å². The van der Waals surface area contributed by atoms with Gasteiger partial charge in [0.05, 0.1) is 23.8 Å². The van der Waals surface area contributed by atoms with Crippen LogP contribution in [0.1, 0.15) is 37.9 Å². The number of alkyl halides is 3. The van der Waals surface area contributed by atoms with Gasteiger partial charge in [0.15, 0.2) is 0 Å². The van der Waals surface area contributed by atoms with E-state index in [1.807, 2.05) is 13.8 Å². The summed E-state index contributed by atoms with van der Waals surface area (Å²) in [7, 11) is 0. The minimum absolute atomic E-state index is 0.0445. The fourth-order valence-electron chi connectivity index (χ4n) is 2.52. The molecule has 8 heteroatoms. The Morgan fingerprint density at radius 3 is 2.52 bits per heavy atom. The molecule has 25 heavy (non-hydrogen) atoms. The Labute approximate surface area is 143 Å². The SMILES string of the molecule is CC1=C(C(=O)OCC(C)C)[C@H](c2ccccc2C(F)(F)F)NC(=O)N1. The number of carbonyl (C=O) groups excluding carboxylic acids is 2. The minimum Gasteiger partial charge on any atom is -0.462 e. The standard InChI is InChI=1S/C17H19F3N2O3/c1-9(2)8-25-15(23)13-10(3)21-16(24)22-14(13)11-6-4-5-7-12(11)17(18,19)20/h4-7,9,14H,8H2,1-3H3,(H2,21,22,24)/t14-/m0/s1. The largest absolute Gasteiger partial charge is 0.462 e. The molecule has 1 heterocycles. The summed E-state index contributed by atoms with van der Waals surface area (Å²) in [6.45, 7) is 5.25. The van der Waals surface area contributed by atoms with Crippen molar-refractivity contribution in [2.45, 2.75) is 33.0 Å². The summed E-state index contributed by atoms with van der Waals surface area (Å²) in [5, 5.41) is 4.79. The van der Waals surface area contributed by atoms with Gasteiger partial charge in [0.2, 0.25) is 0 Å². The molecule has 0 saturated heterocycles. The summed E-state index contributed by atoms with van der Waals surface area (Å²) in [5.41, 5.74) is -0.999. The predicted octanol–water partition coefficient (Wildman–Crippen LogP) is 3.53. The average molecular weight is 356 g/mol. The van der Waals surface area contributed by atoms with Gasteiger partial charge >= 0.3 is 18.2 Å². The van der Waals surface area contributed by atoms with Gasteiger partial charge in [-0.2, -0.15) is 13.2 Å². The molecular weight excluding hydrogens is 337 g/mol. The molecule has 0 aliphatic carbocycles. The van der Waals surface area contributed by atoms with Crippen LogP contribution >= 0.6 is 0 Å². The fourth-order valence-corrected chi connectivity index (χ4v) is 2.52. The van der Waals surface area contributed by atoms with Crippen LogP contribution in [0.5, 0.6) is 0 Å². The van der Waals surface area contributed by atoms with Crippen molar-refractivity contribution in [2.75, 3.05) is 6.61 Å². The normalized spacial score (nSPS) is 18.0. The van der Waals surface area contributed by atoms with Crippen molar-refractivity contribution in [2.24, 2.45) is 5.92 Å². The Morgan fingerprint density at radius 1 is 1.28 bits per heavy atom. The van der Waals surface area contributed by atoms with Crippen LogP contribution in [0.15, 0.2) is 35.5 Å². The number of halogens is 3. The lowest BCUT2D eigenvalue weighted by molar-refractivity contribution is -0.142. The maximum Gasteiger partial charge on any atom is 0.416 e. The Hall–Kier alpha value is -2.51. The van der Waals surface area contributed by atoms with E-state index in [4.69, 9.17) is 4.74 Å². The van der Waals surface area contributed by atoms with E-state index in [0.717, 1.165) is 6.07 Å². The van der Waals surface area contributed by atoms with Crippen molar-refractivity contribution in [3.05, 3.63) is 46.7 Å². The predicted molar refractivity (Wildman–Crippen MR) is 84.3 cm³/mol. The van der Waals surface area contributed by atoms with Crippen LogP contribution < -0.4 is 10.6 Å². The van der Waals surface area contributed by atoms with Crippen molar-refractivity contribution in [1.82, 2.24) is 10.6 Å². The van der Waals surface area contributed by atoms with Gasteiger partial charge in [0.1, 0.15) is 0 Å². The van der Waals surface area contributed by atoms with Gasteiger partial charge in [-0.1, -0.05) is 32.0 Å². The molecule has 1 atom stereocenters. The van der Waals surface area contributed by atoms with E-state index in [9.17, 15) is 22.8 Å². The molecule has 5 nitrogen and oxygen atoms in total. The van der Waals surface area contributed by atoms with Crippen LogP contribution in [0.2, 0.25) is 0 Å². The van der Waals surface area contributed by atoms with Gasteiger partial charge in [-0.25, -0.2) is 9.59 Å². The first-order valence-corrected chi connectivity index (χ1v) is 7.72. The monoisotopic (exact) mass is 356 g/mol. The third-order valence-corrected chi connectivity index (χ3v) is 3.61. The molecule has 0 bridgehead atoms. The van der Waals surface area contributed by atoms with E-state index >= 15 is 0 Å². The van der Waals surface area contributed by atoms with Crippen molar-refractivity contribution in [3.8, 4) is 0 Å². The first-order valence-electron chi connectivity index (χ1n) is 7.72. The Kier molecular flexibility index (Phi) is 5.39. The molecule has 1 aromatic carbocycles. The molecular formula is C17H19F3N2O3. The molecule has 0 radical (unpaired) electrons. The van der Waals surface area contributed by atoms with Crippen LogP contribution in [-0.4, -0.2) is 18.6 Å². The fraction of sp³-hybridized carbons (Fsp3) is 0.412. The molecule has 0 fully saturated rings. The topological polar surface area (TPSA) is 67.4 Å². The molecule has 0 aromatic heterocycles. The van der Waals surface area contributed by atoms with Gasteiger partial charge in [-0.05, 0) is 24.5 Å². The van der Waals surface area contributed by atoms with Crippen LogP contribution in [0.3, 0.4) is 0 Å². The van der Waals surface area contributed by atoms with Crippen LogP contribution in [0.25, 0.3) is 0 Å². The molecule has 2 amide bonds. The highest BCUT2D eigenvalue weighted by molar-refractivity contribution is 5.95. The first kappa shape index (κ1) is 18.8. The number of esters is 1. The molecule has 1 aliphatic heterocycles. The van der Waals surface area contributed by atoms with E-state index in [2.05, 4.69) is 10.6 Å². The van der Waals surface area contributed by atoms with Crippen molar-refractivity contribution in [1.29, 1.82) is 0 Å². The maximum atomic E-state index is 13.3. The van der Waals surface area contributed by atoms with Gasteiger partial charge in [0.25, 0.3) is 0 Å². The summed E-state index contributed by atoms with van der Waals surface area (Å²) in [6, 6.07) is 2.90. The second-order valence-corrected chi connectivity index (χ2v) is 6.15. The lowest BCUT2D eigenvalue weighted by Gasteiger charge is -2.30. The Balaban J connectivity index is 2.49. The third-order valence-electron chi connectivity index (χ3n) is 3.61. The number of carbonyl (C=O) groups is 2. The Bertz CT molecular complexity index is 711. The lowest BCUT2D eigenvalue weighted by atomic mass is 9.91. The summed E-state index contributed by atoms with van der Waals surface area (Å²) < 4.78 is 45.1. The van der Waals surface area contributed by atoms with E-state index < -0.39 is 29.8 Å². The second kappa shape index (κ2) is 7.16. The summed E-state index contributed by atoms with van der Waals surface area (Å²) >= 11 is 0. The highest BCUT2D eigenvalue weighted by Gasteiger charge is 2.39. The van der Waals surface area contributed by atoms with E-state index in [1.54, 1.807) is 0 Å². The van der Waals surface area contributed by atoms with Crippen molar-refractivity contribution >= 4 is 12.0 Å². The molecule has 0 spiro atoms. The number of nitrogens with one attached hydrogen (secondary N) is 2. The van der Waals surface area contributed by atoms with E-state index in [1.165, 1.54) is 25.1 Å². The molecule has 2 N–H and O–H groups in total. The minimum atomic E-state index is -4.62. The van der Waals surface area contributed by atoms with Gasteiger partial charge in [-0.3, -0.25) is 0 Å². The number of ether oxygens (including phenoxy) is 1. The second-order valence-electron chi connectivity index (χ2n) is 6.15. The number of benzene rings is 1. The van der Waals surface area contributed by atoms with Crippen LogP contribution in [0, 0.1) is 5.92 Å². The lowest BCUT2D eigenvalue weighted by Crippen LogP contribution is -2.46. The zero-order valence-corrected chi connectivity index (χ0v) is 14.0. The smallest absolute Gasteiger partial charge is 0.416 e. The van der Waals surface area contributed by atoms with Gasteiger partial charge in [0, 0.05) is 5.70 Å². The van der Waals surface area contributed by atoms with Crippen LogP contribution in [0.4, 0.5) is 18.0 Å². The number of hydrogen-bond donors (Lipinski definition) is 2. The molecule has 1 aromatic rings. The maximum absolute atomic E-state index is 13.3. The van der Waals surface area contributed by atoms with E-state index in [-0.39, 0.29) is 29.4 Å². The summed E-state index contributed by atoms with van der Waals surface area (Å²) in [6.07, 6.45) is -4.62. The highest BCUT2D eigenvalue weighted by Crippen LogP contribution is 2.38. The third kappa shape index (κ3) is 4.32. The molecule has 1 aliphatic rings. The molecule has 0 unspecified atom stereocenters. The Morgan fingerprint density at radius 2 is 1.92 bits per heavy atom. The van der Waals surface area contributed by atoms with E-state index in [0.29, 0.717) is 0 Å². The number of allylic oxidation sites excluding steroid dienone is 1. The molecule has 136 valence electrons. The summed E-state index contributed by atoms with van der Waals surface area (Å²) in [5.74, 6) is -0.697. The first-order chi connectivity index (χ1) is 11.6. The number of rotatable bonds is 4. The van der Waals surface area contributed by atoms with Crippen LogP contribution in [-0.2, 0) is 15.7 Å². The van der Waals surface area contributed by atoms with Gasteiger partial charge in [-0.15, -0.1) is 0 Å². The number of urea groups is 1. The average Bonchev–Trinajstić information content (AvgIpc) is 2.51. The quantitative estimate of drug-likeness (QED) is 0.811. The van der Waals surface area contributed by atoms with Gasteiger partial charge < -0.3 is 15.4 Å². The van der Waals surface area contributed by atoms with Crippen molar-refractivity contribution < 1.29 is 27.5 Å². The summed E-state index contributed by atoms with van der Waals surface area (Å²) in [4.78, 5) is 24.2. The number of amides is 2. The highest BCUT2D eigenvalue weighted by atomic mass is 19.4. The zero-order valence-electron chi connectivity index (χ0n) is 14.0. The zero-order chi connectivity index (χ0) is 18.8. The number of hydrogen-bond acceptors (Lipinski definition) is 3. The molecule has 2 rings (SSSR count).